The third-order valence-electron chi connectivity index (χ3n) is 2.95. The van der Waals surface area contributed by atoms with E-state index in [9.17, 15) is 22.8 Å². The van der Waals surface area contributed by atoms with Gasteiger partial charge < -0.3 is 15.4 Å². The first-order valence-corrected chi connectivity index (χ1v) is 7.65. The van der Waals surface area contributed by atoms with Crippen molar-refractivity contribution < 1.29 is 27.5 Å². The maximum absolute atomic E-state index is 12.3. The molecule has 0 saturated carbocycles. The lowest BCUT2D eigenvalue weighted by Crippen LogP contribution is -2.42. The van der Waals surface area contributed by atoms with Crippen LogP contribution in [-0.2, 0) is 16.1 Å². The highest BCUT2D eigenvalue weighted by atomic mass is 19.4. The first-order valence-electron chi connectivity index (χ1n) is 7.65. The van der Waals surface area contributed by atoms with Crippen LogP contribution < -0.4 is 15.4 Å². The predicted molar refractivity (Wildman–Crippen MR) is 85.7 cm³/mol. The second-order valence-electron chi connectivity index (χ2n) is 5.83. The quantitative estimate of drug-likeness (QED) is 0.739. The van der Waals surface area contributed by atoms with Gasteiger partial charge in [-0.05, 0) is 27.0 Å². The second-order valence-corrected chi connectivity index (χ2v) is 5.83. The highest BCUT2D eigenvalue weighted by molar-refractivity contribution is 5.81. The normalized spacial score (nSPS) is 11.5. The van der Waals surface area contributed by atoms with Crippen LogP contribution in [0, 0.1) is 0 Å². The summed E-state index contributed by atoms with van der Waals surface area (Å²) in [5, 5.41) is 5.21. The van der Waals surface area contributed by atoms with E-state index in [1.54, 1.807) is 13.1 Å². The first kappa shape index (κ1) is 20.8. The highest BCUT2D eigenvalue weighted by Gasteiger charge is 2.31. The fourth-order valence-electron chi connectivity index (χ4n) is 2.04. The molecular formula is C16H22F3N3O3. The molecule has 1 rings (SSSR count). The average molecular weight is 361 g/mol. The van der Waals surface area contributed by atoms with Crippen LogP contribution in [0.2, 0.25) is 0 Å². The molecule has 25 heavy (non-hydrogen) atoms. The van der Waals surface area contributed by atoms with Crippen molar-refractivity contribution in [3.63, 3.8) is 0 Å². The summed E-state index contributed by atoms with van der Waals surface area (Å²) in [5.74, 6) is -0.990. The van der Waals surface area contributed by atoms with E-state index in [-0.39, 0.29) is 42.9 Å². The highest BCUT2D eigenvalue weighted by Crippen LogP contribution is 2.25. The van der Waals surface area contributed by atoms with E-state index in [2.05, 4.69) is 15.4 Å². The van der Waals surface area contributed by atoms with Crippen molar-refractivity contribution >= 4 is 11.8 Å². The minimum Gasteiger partial charge on any atom is -0.405 e. The van der Waals surface area contributed by atoms with Gasteiger partial charge in [0.05, 0.1) is 13.1 Å². The van der Waals surface area contributed by atoms with Gasteiger partial charge in [0.1, 0.15) is 5.75 Å². The number of carbonyl (C=O) groups is 2. The van der Waals surface area contributed by atoms with Crippen molar-refractivity contribution in [1.29, 1.82) is 0 Å². The van der Waals surface area contributed by atoms with E-state index < -0.39 is 12.3 Å². The number of likely N-dealkylation sites (N-methyl/N-ethyl adjacent to an activating group) is 1. The SMILES string of the molecule is CC(C)NC(=O)CN(C)CC(=O)NCc1ccccc1OC(F)(F)F. The summed E-state index contributed by atoms with van der Waals surface area (Å²) in [6.45, 7) is 3.51. The Morgan fingerprint density at radius 3 is 2.36 bits per heavy atom. The predicted octanol–water partition coefficient (Wildman–Crippen LogP) is 1.66. The number of alkyl halides is 3. The lowest BCUT2D eigenvalue weighted by Gasteiger charge is -2.17. The molecule has 2 amide bonds. The van der Waals surface area contributed by atoms with Crippen molar-refractivity contribution in [3.05, 3.63) is 29.8 Å². The summed E-state index contributed by atoms with van der Waals surface area (Å²) in [6, 6.07) is 5.57. The molecule has 6 nitrogen and oxygen atoms in total. The Bertz CT molecular complexity index is 591. The zero-order valence-corrected chi connectivity index (χ0v) is 14.3. The summed E-state index contributed by atoms with van der Waals surface area (Å²) in [6.07, 6.45) is -4.80. The third-order valence-corrected chi connectivity index (χ3v) is 2.95. The Morgan fingerprint density at radius 2 is 1.76 bits per heavy atom. The average Bonchev–Trinajstić information content (AvgIpc) is 2.43. The van der Waals surface area contributed by atoms with E-state index in [1.165, 1.54) is 23.1 Å². The molecule has 0 atom stereocenters. The number of amides is 2. The summed E-state index contributed by atoms with van der Waals surface area (Å²) in [4.78, 5) is 25.0. The maximum Gasteiger partial charge on any atom is 0.573 e. The Morgan fingerprint density at radius 1 is 1.16 bits per heavy atom. The van der Waals surface area contributed by atoms with Gasteiger partial charge in [-0.1, -0.05) is 18.2 Å². The molecule has 9 heteroatoms. The Kier molecular flexibility index (Phi) is 7.69. The number of nitrogens with one attached hydrogen (secondary N) is 2. The maximum atomic E-state index is 12.3. The van der Waals surface area contributed by atoms with Gasteiger partial charge in [0.2, 0.25) is 11.8 Å². The van der Waals surface area contributed by atoms with Gasteiger partial charge in [-0.15, -0.1) is 13.2 Å². The topological polar surface area (TPSA) is 70.7 Å². The summed E-state index contributed by atoms with van der Waals surface area (Å²) in [7, 11) is 1.60. The molecule has 2 N–H and O–H groups in total. The van der Waals surface area contributed by atoms with Crippen molar-refractivity contribution in [2.24, 2.45) is 0 Å². The smallest absolute Gasteiger partial charge is 0.405 e. The molecule has 0 saturated heterocycles. The summed E-state index contributed by atoms with van der Waals surface area (Å²) < 4.78 is 41.0. The van der Waals surface area contributed by atoms with Crippen LogP contribution in [0.1, 0.15) is 19.4 Å². The van der Waals surface area contributed by atoms with E-state index >= 15 is 0 Å². The molecule has 0 aliphatic carbocycles. The van der Waals surface area contributed by atoms with Crippen molar-refractivity contribution in [2.75, 3.05) is 20.1 Å². The van der Waals surface area contributed by atoms with E-state index in [1.807, 2.05) is 13.8 Å². The lowest BCUT2D eigenvalue weighted by molar-refractivity contribution is -0.274. The van der Waals surface area contributed by atoms with Gasteiger partial charge in [-0.25, -0.2) is 0 Å². The molecule has 0 aromatic heterocycles. The number of para-hydroxylation sites is 1. The molecule has 1 aromatic rings. The number of hydrogen-bond acceptors (Lipinski definition) is 4. The number of carbonyl (C=O) groups excluding carboxylic acids is 2. The minimum atomic E-state index is -4.80. The van der Waals surface area contributed by atoms with E-state index in [0.717, 1.165) is 0 Å². The molecule has 0 heterocycles. The van der Waals surface area contributed by atoms with Crippen molar-refractivity contribution in [1.82, 2.24) is 15.5 Å². The number of halogens is 3. The number of benzene rings is 1. The zero-order chi connectivity index (χ0) is 19.0. The molecular weight excluding hydrogens is 339 g/mol. The van der Waals surface area contributed by atoms with Gasteiger partial charge in [0.15, 0.2) is 0 Å². The van der Waals surface area contributed by atoms with Crippen LogP contribution in [0.15, 0.2) is 24.3 Å². The molecule has 1 aromatic carbocycles. The van der Waals surface area contributed by atoms with E-state index in [0.29, 0.717) is 0 Å². The van der Waals surface area contributed by atoms with Crippen molar-refractivity contribution in [2.45, 2.75) is 32.8 Å². The molecule has 0 aliphatic heterocycles. The largest absolute Gasteiger partial charge is 0.573 e. The van der Waals surface area contributed by atoms with Crippen LogP contribution in [0.25, 0.3) is 0 Å². The monoisotopic (exact) mass is 361 g/mol. The van der Waals surface area contributed by atoms with Gasteiger partial charge in [-0.3, -0.25) is 14.5 Å². The molecule has 0 bridgehead atoms. The molecule has 0 radical (unpaired) electrons. The van der Waals surface area contributed by atoms with Gasteiger partial charge in [-0.2, -0.15) is 0 Å². The Hall–Kier alpha value is -2.29. The first-order chi connectivity index (χ1) is 11.6. The van der Waals surface area contributed by atoms with Crippen LogP contribution >= 0.6 is 0 Å². The fourth-order valence-corrected chi connectivity index (χ4v) is 2.04. The minimum absolute atomic E-state index is 0.000129. The molecule has 140 valence electrons. The number of hydrogen-bond donors (Lipinski definition) is 2. The lowest BCUT2D eigenvalue weighted by atomic mass is 10.2. The third kappa shape index (κ3) is 8.94. The fraction of sp³-hybridized carbons (Fsp3) is 0.500. The zero-order valence-electron chi connectivity index (χ0n) is 14.3. The van der Waals surface area contributed by atoms with Gasteiger partial charge in [0, 0.05) is 18.2 Å². The summed E-state index contributed by atoms with van der Waals surface area (Å²) in [5.41, 5.74) is 0.202. The number of ether oxygens (including phenoxy) is 1. The molecule has 0 aliphatic rings. The van der Waals surface area contributed by atoms with Crippen LogP contribution in [-0.4, -0.2) is 49.3 Å². The Balaban J connectivity index is 2.50. The molecule has 0 unspecified atom stereocenters. The van der Waals surface area contributed by atoms with Crippen molar-refractivity contribution in [3.8, 4) is 5.75 Å². The van der Waals surface area contributed by atoms with Crippen LogP contribution in [0.4, 0.5) is 13.2 Å². The standard InChI is InChI=1S/C16H22F3N3O3/c1-11(2)21-15(24)10-22(3)9-14(23)20-8-12-6-4-5-7-13(12)25-16(17,18)19/h4-7,11H,8-10H2,1-3H3,(H,20,23)(H,21,24). The van der Waals surface area contributed by atoms with Gasteiger partial charge in [0.25, 0.3) is 0 Å². The van der Waals surface area contributed by atoms with E-state index in [4.69, 9.17) is 0 Å². The van der Waals surface area contributed by atoms with Crippen LogP contribution in [0.3, 0.4) is 0 Å². The molecule has 0 fully saturated rings. The number of rotatable bonds is 8. The van der Waals surface area contributed by atoms with Crippen LogP contribution in [0.5, 0.6) is 5.75 Å². The summed E-state index contributed by atoms with van der Waals surface area (Å²) >= 11 is 0. The molecule has 0 spiro atoms. The second kappa shape index (κ2) is 9.26. The number of nitrogens with zero attached hydrogens (tertiary/aromatic N) is 1. The van der Waals surface area contributed by atoms with Gasteiger partial charge >= 0.3 is 6.36 Å². The Labute approximate surface area is 144 Å².